The maximum Gasteiger partial charge on any atom is 0.278 e. The second-order valence-electron chi connectivity index (χ2n) is 6.85. The molecule has 0 aromatic heterocycles. The average molecular weight is 433 g/mol. The highest BCUT2D eigenvalue weighted by atomic mass is 32.2. The van der Waals surface area contributed by atoms with E-state index in [1.165, 1.54) is 23.6 Å². The number of rotatable bonds is 6. The number of carbonyl (C=O) groups is 3. The van der Waals surface area contributed by atoms with Crippen molar-refractivity contribution in [3.05, 3.63) is 72.3 Å². The summed E-state index contributed by atoms with van der Waals surface area (Å²) in [5, 5.41) is 6.53. The molecule has 7 nitrogen and oxygen atoms in total. The van der Waals surface area contributed by atoms with Crippen molar-refractivity contribution in [2.45, 2.75) is 6.92 Å². The van der Waals surface area contributed by atoms with E-state index in [0.717, 1.165) is 10.8 Å². The van der Waals surface area contributed by atoms with Crippen molar-refractivity contribution in [3.63, 3.8) is 0 Å². The molecular weight excluding hydrogens is 414 g/mol. The van der Waals surface area contributed by atoms with Gasteiger partial charge < -0.3 is 4.74 Å². The number of carbonyl (C=O) groups excluding carboxylic acids is 3. The summed E-state index contributed by atoms with van der Waals surface area (Å²) in [6.45, 7) is 1.25. The van der Waals surface area contributed by atoms with Crippen LogP contribution in [0.1, 0.15) is 17.3 Å². The summed E-state index contributed by atoms with van der Waals surface area (Å²) in [5.41, 5.74) is 3.46. The zero-order chi connectivity index (χ0) is 21.8. The summed E-state index contributed by atoms with van der Waals surface area (Å²) in [6, 6.07) is 20.2. The number of Topliss-reactive ketones (excluding diaryl/α,β-unsaturated/α-hetero) is 1. The van der Waals surface area contributed by atoms with Gasteiger partial charge in [0, 0.05) is 5.56 Å². The molecule has 0 bridgehead atoms. The molecular formula is C23H19N3O4S. The number of fused-ring (bicyclic) bond motifs is 1. The molecule has 0 spiro atoms. The Morgan fingerprint density at radius 3 is 2.68 bits per heavy atom. The number of amides is 2. The molecule has 0 atom stereocenters. The fourth-order valence-electron chi connectivity index (χ4n) is 3.11. The number of thioether (sulfide) groups is 1. The zero-order valence-electron chi connectivity index (χ0n) is 16.7. The maximum atomic E-state index is 12.3. The number of amidine groups is 1. The number of nitrogens with zero attached hydrogens (tertiary/aromatic N) is 2. The first-order valence-electron chi connectivity index (χ1n) is 9.56. The third kappa shape index (κ3) is 4.75. The lowest BCUT2D eigenvalue weighted by Gasteiger charge is -2.16. The average Bonchev–Trinajstić information content (AvgIpc) is 3.16. The fourth-order valence-corrected chi connectivity index (χ4v) is 3.94. The van der Waals surface area contributed by atoms with Gasteiger partial charge in [0.25, 0.3) is 5.91 Å². The minimum atomic E-state index is -0.446. The van der Waals surface area contributed by atoms with Gasteiger partial charge in [-0.25, -0.2) is 5.43 Å². The standard InChI is InChI=1S/C23H19N3O4S/c1-15(27)17-7-4-8-19(11-17)26-22(29)14-31-23(26)25-24-21(28)13-30-20-10-9-16-5-2-3-6-18(16)12-20/h2-12H,13-14H2,1H3,(H,24,28)/b25-23+. The monoisotopic (exact) mass is 433 g/mol. The Morgan fingerprint density at radius 1 is 1.06 bits per heavy atom. The van der Waals surface area contributed by atoms with Gasteiger partial charge in [-0.3, -0.25) is 19.3 Å². The molecule has 0 radical (unpaired) electrons. The molecule has 1 saturated heterocycles. The first-order valence-corrected chi connectivity index (χ1v) is 10.5. The van der Waals surface area contributed by atoms with Crippen molar-refractivity contribution in [2.75, 3.05) is 17.3 Å². The second kappa shape index (κ2) is 9.01. The minimum Gasteiger partial charge on any atom is -0.484 e. The van der Waals surface area contributed by atoms with E-state index >= 15 is 0 Å². The van der Waals surface area contributed by atoms with Crippen molar-refractivity contribution in [3.8, 4) is 5.75 Å². The van der Waals surface area contributed by atoms with Gasteiger partial charge in [-0.1, -0.05) is 54.2 Å². The molecule has 3 aromatic rings. The molecule has 1 heterocycles. The Hall–Kier alpha value is -3.65. The smallest absolute Gasteiger partial charge is 0.278 e. The highest BCUT2D eigenvalue weighted by molar-refractivity contribution is 8.15. The number of ether oxygens (including phenoxy) is 1. The van der Waals surface area contributed by atoms with Crippen molar-refractivity contribution >= 4 is 51.0 Å². The Bertz CT molecular complexity index is 1210. The van der Waals surface area contributed by atoms with Crippen molar-refractivity contribution in [1.82, 2.24) is 5.43 Å². The number of nitrogens with one attached hydrogen (secondary N) is 1. The summed E-state index contributed by atoms with van der Waals surface area (Å²) in [6.07, 6.45) is 0. The van der Waals surface area contributed by atoms with Crippen LogP contribution < -0.4 is 15.1 Å². The Labute approximate surface area is 183 Å². The lowest BCUT2D eigenvalue weighted by Crippen LogP contribution is -2.32. The van der Waals surface area contributed by atoms with Crippen molar-refractivity contribution in [1.29, 1.82) is 0 Å². The van der Waals surface area contributed by atoms with Gasteiger partial charge in [0.05, 0.1) is 11.4 Å². The SMILES string of the molecule is CC(=O)c1cccc(N2C(=O)CS/C2=N/NC(=O)COc2ccc3ccccc3c2)c1. The molecule has 1 aliphatic rings. The van der Waals surface area contributed by atoms with Gasteiger partial charge in [-0.15, -0.1) is 5.10 Å². The summed E-state index contributed by atoms with van der Waals surface area (Å²) >= 11 is 1.21. The van der Waals surface area contributed by atoms with Crippen LogP contribution >= 0.6 is 11.8 Å². The third-order valence-electron chi connectivity index (χ3n) is 4.64. The van der Waals surface area contributed by atoms with E-state index < -0.39 is 5.91 Å². The van der Waals surface area contributed by atoms with Gasteiger partial charge >= 0.3 is 0 Å². The van der Waals surface area contributed by atoms with Crippen LogP contribution in [0.3, 0.4) is 0 Å². The molecule has 0 saturated carbocycles. The zero-order valence-corrected chi connectivity index (χ0v) is 17.5. The van der Waals surface area contributed by atoms with Crippen LogP contribution in [0.15, 0.2) is 71.8 Å². The van der Waals surface area contributed by atoms with E-state index in [4.69, 9.17) is 4.74 Å². The lowest BCUT2D eigenvalue weighted by atomic mass is 10.1. The van der Waals surface area contributed by atoms with Gasteiger partial charge in [-0.05, 0) is 42.0 Å². The molecule has 2 amide bonds. The largest absolute Gasteiger partial charge is 0.484 e. The predicted molar refractivity (Wildman–Crippen MR) is 121 cm³/mol. The van der Waals surface area contributed by atoms with Crippen LogP contribution in [0.2, 0.25) is 0 Å². The minimum absolute atomic E-state index is 0.0984. The molecule has 1 N–H and O–H groups in total. The normalized spacial score (nSPS) is 14.8. The number of hydrogen-bond donors (Lipinski definition) is 1. The summed E-state index contributed by atoms with van der Waals surface area (Å²) in [4.78, 5) is 37.6. The molecule has 4 rings (SSSR count). The molecule has 0 aliphatic carbocycles. The second-order valence-corrected chi connectivity index (χ2v) is 7.79. The van der Waals surface area contributed by atoms with Gasteiger partial charge in [0.1, 0.15) is 5.75 Å². The Balaban J connectivity index is 1.41. The summed E-state index contributed by atoms with van der Waals surface area (Å²) in [7, 11) is 0. The van der Waals surface area contributed by atoms with Crippen LogP contribution in [0, 0.1) is 0 Å². The van der Waals surface area contributed by atoms with Gasteiger partial charge in [0.15, 0.2) is 17.6 Å². The van der Waals surface area contributed by atoms with E-state index in [9.17, 15) is 14.4 Å². The molecule has 8 heteroatoms. The molecule has 0 unspecified atom stereocenters. The number of hydrogen-bond acceptors (Lipinski definition) is 6. The van der Waals surface area contributed by atoms with Crippen LogP contribution in [0.25, 0.3) is 10.8 Å². The molecule has 1 aliphatic heterocycles. The highest BCUT2D eigenvalue weighted by Crippen LogP contribution is 2.27. The first kappa shape index (κ1) is 20.6. The van der Waals surface area contributed by atoms with E-state index in [1.54, 1.807) is 30.3 Å². The van der Waals surface area contributed by atoms with E-state index in [-0.39, 0.29) is 24.1 Å². The number of anilines is 1. The summed E-state index contributed by atoms with van der Waals surface area (Å²) in [5.74, 6) is 0.0598. The summed E-state index contributed by atoms with van der Waals surface area (Å²) < 4.78 is 5.56. The van der Waals surface area contributed by atoms with E-state index in [1.807, 2.05) is 36.4 Å². The molecule has 31 heavy (non-hydrogen) atoms. The van der Waals surface area contributed by atoms with E-state index in [2.05, 4.69) is 10.5 Å². The molecule has 3 aromatic carbocycles. The predicted octanol–water partition coefficient (Wildman–Crippen LogP) is 3.59. The van der Waals surface area contributed by atoms with Crippen LogP contribution in [-0.2, 0) is 9.59 Å². The van der Waals surface area contributed by atoms with Gasteiger partial charge in [0.2, 0.25) is 5.91 Å². The number of benzene rings is 3. The topological polar surface area (TPSA) is 88.1 Å². The number of ketones is 1. The lowest BCUT2D eigenvalue weighted by molar-refractivity contribution is -0.123. The van der Waals surface area contributed by atoms with Crippen molar-refractivity contribution in [2.24, 2.45) is 5.10 Å². The van der Waals surface area contributed by atoms with Crippen LogP contribution in [0.4, 0.5) is 5.69 Å². The Morgan fingerprint density at radius 2 is 1.87 bits per heavy atom. The maximum absolute atomic E-state index is 12.3. The number of hydrazone groups is 1. The first-order chi connectivity index (χ1) is 15.0. The van der Waals surface area contributed by atoms with Gasteiger partial charge in [-0.2, -0.15) is 0 Å². The van der Waals surface area contributed by atoms with Crippen LogP contribution in [-0.4, -0.2) is 35.1 Å². The molecule has 156 valence electrons. The van der Waals surface area contributed by atoms with Crippen molar-refractivity contribution < 1.29 is 19.1 Å². The third-order valence-corrected chi connectivity index (χ3v) is 5.57. The van der Waals surface area contributed by atoms with Crippen LogP contribution in [0.5, 0.6) is 5.75 Å². The highest BCUT2D eigenvalue weighted by Gasteiger charge is 2.30. The van der Waals surface area contributed by atoms with E-state index in [0.29, 0.717) is 22.2 Å². The molecule has 1 fully saturated rings. The fraction of sp³-hybridized carbons (Fsp3) is 0.130. The quantitative estimate of drug-likeness (QED) is 0.474. The Kier molecular flexibility index (Phi) is 5.99.